The van der Waals surface area contributed by atoms with E-state index in [1.54, 1.807) is 17.4 Å². The zero-order valence-electron chi connectivity index (χ0n) is 12.3. The minimum Gasteiger partial charge on any atom is -0.384 e. The average Bonchev–Trinajstić information content (AvgIpc) is 2.45. The van der Waals surface area contributed by atoms with Gasteiger partial charge in [-0.15, -0.1) is 0 Å². The fraction of sp³-hybridized carbons (Fsp3) is 0.400. The average molecular weight is 384 g/mol. The van der Waals surface area contributed by atoms with Crippen LogP contribution in [0.5, 0.6) is 0 Å². The molecule has 0 saturated carbocycles. The van der Waals surface area contributed by atoms with E-state index in [9.17, 15) is 8.42 Å². The zero-order valence-corrected chi connectivity index (χ0v) is 14.7. The van der Waals surface area contributed by atoms with Crippen LogP contribution in [-0.2, 0) is 10.0 Å². The summed E-state index contributed by atoms with van der Waals surface area (Å²) in [4.78, 5) is 4.36. The van der Waals surface area contributed by atoms with Gasteiger partial charge in [-0.05, 0) is 31.2 Å². The Morgan fingerprint density at radius 3 is 2.86 bits per heavy atom. The molecule has 0 amide bonds. The molecule has 3 rings (SSSR count). The number of nitrogens with one attached hydrogen (secondary N) is 1. The molecule has 1 N–H and O–H groups in total. The van der Waals surface area contributed by atoms with E-state index >= 15 is 0 Å². The van der Waals surface area contributed by atoms with Gasteiger partial charge in [0, 0.05) is 47.3 Å². The Kier molecular flexibility index (Phi) is 4.38. The van der Waals surface area contributed by atoms with Crippen LogP contribution in [0.3, 0.4) is 0 Å². The van der Waals surface area contributed by atoms with Gasteiger partial charge in [0.2, 0.25) is 10.0 Å². The lowest BCUT2D eigenvalue weighted by molar-refractivity contribution is 0.212. The lowest BCUT2D eigenvalue weighted by Gasteiger charge is -2.38. The Morgan fingerprint density at radius 1 is 1.36 bits per heavy atom. The number of anilines is 1. The number of fused-ring (bicyclic) bond motifs is 1. The molecule has 1 aromatic heterocycles. The number of benzene rings is 1. The summed E-state index contributed by atoms with van der Waals surface area (Å²) in [6.07, 6.45) is 1.78. The number of hydrogen-bond acceptors (Lipinski definition) is 4. The first kappa shape index (κ1) is 15.7. The third-order valence-corrected chi connectivity index (χ3v) is 6.28. The van der Waals surface area contributed by atoms with Gasteiger partial charge in [-0.1, -0.05) is 15.9 Å². The summed E-state index contributed by atoms with van der Waals surface area (Å²) in [6.45, 7) is 3.67. The zero-order chi connectivity index (χ0) is 15.7. The van der Waals surface area contributed by atoms with Crippen LogP contribution in [-0.4, -0.2) is 43.1 Å². The third-order valence-electron chi connectivity index (χ3n) is 3.97. The minimum atomic E-state index is -3.03. The summed E-state index contributed by atoms with van der Waals surface area (Å²) in [5, 5.41) is 4.49. The lowest BCUT2D eigenvalue weighted by Crippen LogP contribution is -2.52. The van der Waals surface area contributed by atoms with Crippen molar-refractivity contribution in [3.8, 4) is 0 Å². The number of nitrogens with zero attached hydrogens (tertiary/aromatic N) is 2. The third kappa shape index (κ3) is 3.11. The van der Waals surface area contributed by atoms with Crippen LogP contribution in [0.2, 0.25) is 0 Å². The molecule has 22 heavy (non-hydrogen) atoms. The van der Waals surface area contributed by atoms with Crippen LogP contribution < -0.4 is 5.32 Å². The van der Waals surface area contributed by atoms with E-state index < -0.39 is 10.0 Å². The quantitative estimate of drug-likeness (QED) is 0.861. The predicted molar refractivity (Wildman–Crippen MR) is 92.5 cm³/mol. The summed E-state index contributed by atoms with van der Waals surface area (Å²) in [5.74, 6) is 0.539. The lowest BCUT2D eigenvalue weighted by atomic mass is 10.0. The first-order valence-electron chi connectivity index (χ1n) is 7.25. The van der Waals surface area contributed by atoms with Crippen molar-refractivity contribution in [2.75, 3.05) is 30.7 Å². The Bertz CT molecular complexity index is 788. The fourth-order valence-electron chi connectivity index (χ4n) is 2.59. The first-order chi connectivity index (χ1) is 10.5. The maximum absolute atomic E-state index is 11.7. The SMILES string of the molecule is CCS(=O)(=O)N1CC(CNc2ccnc3cc(Br)ccc23)C1. The molecule has 0 bridgehead atoms. The molecule has 5 nitrogen and oxygen atoms in total. The number of sulfonamides is 1. The number of halogens is 1. The normalized spacial score (nSPS) is 16.6. The molecule has 2 aromatic rings. The number of hydrogen-bond donors (Lipinski definition) is 1. The molecule has 0 radical (unpaired) electrons. The number of rotatable bonds is 5. The van der Waals surface area contributed by atoms with E-state index in [0.29, 0.717) is 19.0 Å². The molecule has 0 unspecified atom stereocenters. The second kappa shape index (κ2) is 6.14. The van der Waals surface area contributed by atoms with Gasteiger partial charge in [0.05, 0.1) is 11.3 Å². The highest BCUT2D eigenvalue weighted by atomic mass is 79.9. The van der Waals surface area contributed by atoms with Crippen LogP contribution in [0.15, 0.2) is 34.9 Å². The standard InChI is InChI=1S/C15H18BrN3O2S/c1-2-22(20,21)19-9-11(10-19)8-18-14-5-6-17-15-7-12(16)3-4-13(14)15/h3-7,11H,2,8-10H2,1H3,(H,17,18). The molecule has 118 valence electrons. The minimum absolute atomic E-state index is 0.178. The van der Waals surface area contributed by atoms with Crippen LogP contribution in [0.4, 0.5) is 5.69 Å². The van der Waals surface area contributed by atoms with Crippen LogP contribution in [0.1, 0.15) is 6.92 Å². The van der Waals surface area contributed by atoms with Crippen molar-refractivity contribution in [3.05, 3.63) is 34.9 Å². The van der Waals surface area contributed by atoms with Crippen molar-refractivity contribution in [2.45, 2.75) is 6.92 Å². The van der Waals surface area contributed by atoms with Crippen molar-refractivity contribution in [2.24, 2.45) is 5.92 Å². The monoisotopic (exact) mass is 383 g/mol. The second-order valence-corrected chi connectivity index (χ2v) is 8.66. The maximum atomic E-state index is 11.7. The van der Waals surface area contributed by atoms with E-state index in [2.05, 4.69) is 26.2 Å². The van der Waals surface area contributed by atoms with E-state index in [4.69, 9.17) is 0 Å². The molecule has 1 aromatic carbocycles. The molecule has 1 saturated heterocycles. The Hall–Kier alpha value is -1.18. The number of aromatic nitrogens is 1. The van der Waals surface area contributed by atoms with Crippen LogP contribution >= 0.6 is 15.9 Å². The van der Waals surface area contributed by atoms with E-state index in [1.807, 2.05) is 24.3 Å². The molecular weight excluding hydrogens is 366 g/mol. The molecule has 0 spiro atoms. The van der Waals surface area contributed by atoms with Crippen LogP contribution in [0.25, 0.3) is 10.9 Å². The molecule has 1 fully saturated rings. The largest absolute Gasteiger partial charge is 0.384 e. The van der Waals surface area contributed by atoms with Gasteiger partial charge in [-0.2, -0.15) is 0 Å². The summed E-state index contributed by atoms with van der Waals surface area (Å²) in [5.41, 5.74) is 1.97. The topological polar surface area (TPSA) is 62.3 Å². The maximum Gasteiger partial charge on any atom is 0.213 e. The summed E-state index contributed by atoms with van der Waals surface area (Å²) >= 11 is 3.45. The molecule has 0 atom stereocenters. The fourth-order valence-corrected chi connectivity index (χ4v) is 4.18. The smallest absolute Gasteiger partial charge is 0.213 e. The van der Waals surface area contributed by atoms with E-state index in [0.717, 1.165) is 27.6 Å². The molecule has 2 heterocycles. The highest BCUT2D eigenvalue weighted by Crippen LogP contribution is 2.26. The van der Waals surface area contributed by atoms with Gasteiger partial charge >= 0.3 is 0 Å². The predicted octanol–water partition coefficient (Wildman–Crippen LogP) is 2.69. The van der Waals surface area contributed by atoms with Crippen molar-refractivity contribution >= 4 is 42.5 Å². The van der Waals surface area contributed by atoms with E-state index in [-0.39, 0.29) is 5.75 Å². The van der Waals surface area contributed by atoms with Gasteiger partial charge in [0.25, 0.3) is 0 Å². The van der Waals surface area contributed by atoms with Crippen molar-refractivity contribution in [3.63, 3.8) is 0 Å². The Morgan fingerprint density at radius 2 is 2.14 bits per heavy atom. The highest BCUT2D eigenvalue weighted by Gasteiger charge is 2.34. The molecule has 1 aliphatic rings. The van der Waals surface area contributed by atoms with Gasteiger partial charge in [-0.25, -0.2) is 12.7 Å². The summed E-state index contributed by atoms with van der Waals surface area (Å²) in [7, 11) is -3.03. The van der Waals surface area contributed by atoms with Crippen molar-refractivity contribution < 1.29 is 8.42 Å². The van der Waals surface area contributed by atoms with Crippen LogP contribution in [0, 0.1) is 5.92 Å². The summed E-state index contributed by atoms with van der Waals surface area (Å²) < 4.78 is 26.0. The van der Waals surface area contributed by atoms with Crippen molar-refractivity contribution in [1.82, 2.24) is 9.29 Å². The highest BCUT2D eigenvalue weighted by molar-refractivity contribution is 9.10. The molecule has 0 aliphatic carbocycles. The van der Waals surface area contributed by atoms with Gasteiger partial charge < -0.3 is 5.32 Å². The van der Waals surface area contributed by atoms with Crippen molar-refractivity contribution in [1.29, 1.82) is 0 Å². The van der Waals surface area contributed by atoms with E-state index in [1.165, 1.54) is 0 Å². The van der Waals surface area contributed by atoms with Gasteiger partial charge in [-0.3, -0.25) is 4.98 Å². The molecular formula is C15H18BrN3O2S. The van der Waals surface area contributed by atoms with Gasteiger partial charge in [0.15, 0.2) is 0 Å². The molecule has 1 aliphatic heterocycles. The summed E-state index contributed by atoms with van der Waals surface area (Å²) in [6, 6.07) is 7.96. The Labute approximate surface area is 138 Å². The Balaban J connectivity index is 1.64. The second-order valence-electron chi connectivity index (χ2n) is 5.48. The molecule has 7 heteroatoms. The number of pyridine rings is 1. The first-order valence-corrected chi connectivity index (χ1v) is 9.66. The van der Waals surface area contributed by atoms with Gasteiger partial charge in [0.1, 0.15) is 0 Å².